The highest BCUT2D eigenvalue weighted by Crippen LogP contribution is 2.33. The maximum atomic E-state index is 14.7. The number of piperazine rings is 1. The number of amides is 1. The Balaban J connectivity index is 1.51. The maximum Gasteiger partial charge on any atom is 0.260 e. The molecule has 5 rings (SSSR count). The summed E-state index contributed by atoms with van der Waals surface area (Å²) in [7, 11) is 2.12. The van der Waals surface area contributed by atoms with Gasteiger partial charge in [0.25, 0.3) is 5.91 Å². The summed E-state index contributed by atoms with van der Waals surface area (Å²) in [5.74, 6) is -1.14. The van der Waals surface area contributed by atoms with Crippen LogP contribution >= 0.6 is 0 Å². The number of aromatic nitrogens is 3. The second kappa shape index (κ2) is 8.39. The van der Waals surface area contributed by atoms with Crippen LogP contribution in [-0.4, -0.2) is 58.8 Å². The van der Waals surface area contributed by atoms with E-state index in [-0.39, 0.29) is 5.56 Å². The van der Waals surface area contributed by atoms with Crippen molar-refractivity contribution in [3.05, 3.63) is 78.6 Å². The lowest BCUT2D eigenvalue weighted by Gasteiger charge is -2.34. The van der Waals surface area contributed by atoms with Gasteiger partial charge in [-0.15, -0.1) is 0 Å². The summed E-state index contributed by atoms with van der Waals surface area (Å²) in [6.45, 7) is 3.85. The normalized spacial score (nSPS) is 14.6. The van der Waals surface area contributed by atoms with E-state index in [1.165, 1.54) is 10.7 Å². The molecule has 0 spiro atoms. The molecule has 8 heteroatoms. The summed E-state index contributed by atoms with van der Waals surface area (Å²) in [6.07, 6.45) is 6.75. The van der Waals surface area contributed by atoms with Gasteiger partial charge in [-0.1, -0.05) is 6.07 Å². The van der Waals surface area contributed by atoms with Crippen molar-refractivity contribution in [1.29, 1.82) is 0 Å². The SMILES string of the molecule is CN1CCN(c2ccc(NC(=O)c3c(F)cccc3-n3cccn3)c3cnccc23)CC1. The molecule has 0 aliphatic carbocycles. The number of carbonyl (C=O) groups is 1. The molecule has 1 aliphatic heterocycles. The molecule has 1 fully saturated rings. The molecule has 2 aromatic carbocycles. The minimum atomic E-state index is -0.605. The van der Waals surface area contributed by atoms with Crippen molar-refractivity contribution >= 4 is 28.1 Å². The number of nitrogens with zero attached hydrogens (tertiary/aromatic N) is 5. The first-order chi connectivity index (χ1) is 15.6. The van der Waals surface area contributed by atoms with Gasteiger partial charge >= 0.3 is 0 Å². The molecule has 0 bridgehead atoms. The van der Waals surface area contributed by atoms with E-state index in [9.17, 15) is 9.18 Å². The molecule has 0 saturated carbocycles. The molecule has 7 nitrogen and oxygen atoms in total. The van der Waals surface area contributed by atoms with Crippen molar-refractivity contribution in [3.63, 3.8) is 0 Å². The van der Waals surface area contributed by atoms with Crippen LogP contribution < -0.4 is 10.2 Å². The van der Waals surface area contributed by atoms with Crippen molar-refractivity contribution < 1.29 is 9.18 Å². The van der Waals surface area contributed by atoms with Gasteiger partial charge in [0.05, 0.1) is 11.4 Å². The van der Waals surface area contributed by atoms with Crippen LogP contribution in [0, 0.1) is 5.82 Å². The van der Waals surface area contributed by atoms with E-state index >= 15 is 0 Å². The number of hydrogen-bond acceptors (Lipinski definition) is 5. The van der Waals surface area contributed by atoms with Gasteiger partial charge in [-0.2, -0.15) is 5.10 Å². The first-order valence-electron chi connectivity index (χ1n) is 10.5. The standard InChI is InChI=1S/C24H23FN6O/c1-29-12-14-30(15-13-29)21-7-6-20(18-16-26-10-8-17(18)21)28-24(32)23-19(25)4-2-5-22(23)31-11-3-9-27-31/h2-11,16H,12-15H2,1H3,(H,28,32). The molecule has 0 radical (unpaired) electrons. The molecule has 0 atom stereocenters. The lowest BCUT2D eigenvalue weighted by atomic mass is 10.1. The number of pyridine rings is 1. The lowest BCUT2D eigenvalue weighted by Crippen LogP contribution is -2.44. The largest absolute Gasteiger partial charge is 0.368 e. The van der Waals surface area contributed by atoms with Gasteiger partial charge in [0.15, 0.2) is 0 Å². The predicted octanol–water partition coefficient (Wildman–Crippen LogP) is 3.56. The fraction of sp³-hybridized carbons (Fsp3) is 0.208. The van der Waals surface area contributed by atoms with Gasteiger partial charge < -0.3 is 15.1 Å². The Hall–Kier alpha value is -3.78. The van der Waals surface area contributed by atoms with Crippen LogP contribution in [-0.2, 0) is 0 Å². The average molecular weight is 430 g/mol. The fourth-order valence-corrected chi connectivity index (χ4v) is 4.13. The number of halogens is 1. The highest BCUT2D eigenvalue weighted by molar-refractivity contribution is 6.12. The number of anilines is 2. The Morgan fingerprint density at radius 2 is 1.81 bits per heavy atom. The van der Waals surface area contributed by atoms with Crippen molar-refractivity contribution in [1.82, 2.24) is 19.7 Å². The second-order valence-corrected chi connectivity index (χ2v) is 7.88. The zero-order chi connectivity index (χ0) is 22.1. The number of likely N-dealkylation sites (N-methyl/N-ethyl adjacent to an activating group) is 1. The molecule has 1 saturated heterocycles. The summed E-state index contributed by atoms with van der Waals surface area (Å²) >= 11 is 0. The van der Waals surface area contributed by atoms with Crippen LogP contribution in [0.3, 0.4) is 0 Å². The summed E-state index contributed by atoms with van der Waals surface area (Å²) in [5.41, 5.74) is 2.02. The monoisotopic (exact) mass is 430 g/mol. The minimum absolute atomic E-state index is 0.0589. The van der Waals surface area contributed by atoms with Gasteiger partial charge in [0, 0.05) is 67.4 Å². The molecule has 0 unspecified atom stereocenters. The number of benzene rings is 2. The van der Waals surface area contributed by atoms with E-state index in [2.05, 4.69) is 32.2 Å². The third-order valence-electron chi connectivity index (χ3n) is 5.86. The first kappa shape index (κ1) is 20.1. The van der Waals surface area contributed by atoms with Crippen LogP contribution in [0.5, 0.6) is 0 Å². The summed E-state index contributed by atoms with van der Waals surface area (Å²) < 4.78 is 16.2. The quantitative estimate of drug-likeness (QED) is 0.536. The van der Waals surface area contributed by atoms with Crippen molar-refractivity contribution in [2.45, 2.75) is 0 Å². The number of nitrogens with one attached hydrogen (secondary N) is 1. The first-order valence-corrected chi connectivity index (χ1v) is 10.5. The number of fused-ring (bicyclic) bond motifs is 1. The van der Waals surface area contributed by atoms with Crippen LogP contribution in [0.15, 0.2) is 67.3 Å². The van der Waals surface area contributed by atoms with Gasteiger partial charge in [-0.25, -0.2) is 9.07 Å². The molecule has 1 amide bonds. The van der Waals surface area contributed by atoms with Gasteiger partial charge in [-0.05, 0) is 43.4 Å². The van der Waals surface area contributed by atoms with E-state index < -0.39 is 11.7 Å². The Bertz CT molecular complexity index is 1260. The minimum Gasteiger partial charge on any atom is -0.368 e. The van der Waals surface area contributed by atoms with Crippen LogP contribution in [0.25, 0.3) is 16.5 Å². The molecule has 2 aromatic heterocycles. The van der Waals surface area contributed by atoms with Crippen molar-refractivity contribution in [2.24, 2.45) is 0 Å². The van der Waals surface area contributed by atoms with E-state index in [0.717, 1.165) is 42.6 Å². The maximum absolute atomic E-state index is 14.7. The molecule has 3 heterocycles. The predicted molar refractivity (Wildman–Crippen MR) is 123 cm³/mol. The van der Waals surface area contributed by atoms with E-state index in [1.54, 1.807) is 43.0 Å². The third-order valence-corrected chi connectivity index (χ3v) is 5.86. The molecule has 162 valence electrons. The molecule has 32 heavy (non-hydrogen) atoms. The summed E-state index contributed by atoms with van der Waals surface area (Å²) in [4.78, 5) is 22.1. The topological polar surface area (TPSA) is 66.3 Å². The average Bonchev–Trinajstić information content (AvgIpc) is 3.35. The van der Waals surface area contributed by atoms with E-state index in [1.807, 2.05) is 18.2 Å². The third kappa shape index (κ3) is 3.69. The van der Waals surface area contributed by atoms with Gasteiger partial charge in [0.2, 0.25) is 0 Å². The highest BCUT2D eigenvalue weighted by atomic mass is 19.1. The molecule has 1 N–H and O–H groups in total. The number of rotatable bonds is 4. The molecule has 1 aliphatic rings. The molecule has 4 aromatic rings. The zero-order valence-electron chi connectivity index (χ0n) is 17.7. The lowest BCUT2D eigenvalue weighted by molar-refractivity contribution is 0.102. The summed E-state index contributed by atoms with van der Waals surface area (Å²) in [5, 5.41) is 8.86. The molecular formula is C24H23FN6O. The smallest absolute Gasteiger partial charge is 0.260 e. The Morgan fingerprint density at radius 3 is 2.59 bits per heavy atom. The van der Waals surface area contributed by atoms with Crippen LogP contribution in [0.2, 0.25) is 0 Å². The van der Waals surface area contributed by atoms with Crippen molar-refractivity contribution in [3.8, 4) is 5.69 Å². The summed E-state index contributed by atoms with van der Waals surface area (Å²) in [6, 6.07) is 12.1. The van der Waals surface area contributed by atoms with Gasteiger partial charge in [-0.3, -0.25) is 9.78 Å². The van der Waals surface area contributed by atoms with Crippen LogP contribution in [0.1, 0.15) is 10.4 Å². The Kier molecular flexibility index (Phi) is 5.28. The van der Waals surface area contributed by atoms with Gasteiger partial charge in [0.1, 0.15) is 11.4 Å². The Labute approximate surface area is 185 Å². The second-order valence-electron chi connectivity index (χ2n) is 7.88. The zero-order valence-corrected chi connectivity index (χ0v) is 17.7. The molecular weight excluding hydrogens is 407 g/mol. The fourth-order valence-electron chi connectivity index (χ4n) is 4.13. The number of carbonyl (C=O) groups excluding carboxylic acids is 1. The van der Waals surface area contributed by atoms with Crippen LogP contribution in [0.4, 0.5) is 15.8 Å². The Morgan fingerprint density at radius 1 is 0.969 bits per heavy atom. The van der Waals surface area contributed by atoms with E-state index in [0.29, 0.717) is 11.4 Å². The van der Waals surface area contributed by atoms with Crippen molar-refractivity contribution in [2.75, 3.05) is 43.4 Å². The van der Waals surface area contributed by atoms with E-state index in [4.69, 9.17) is 0 Å². The number of hydrogen-bond donors (Lipinski definition) is 1. The highest BCUT2D eigenvalue weighted by Gasteiger charge is 2.21.